The summed E-state index contributed by atoms with van der Waals surface area (Å²) < 4.78 is 4.84. The lowest BCUT2D eigenvalue weighted by atomic mass is 10.2. The minimum Gasteiger partial charge on any atom is -0.457 e. The Morgan fingerprint density at radius 3 is 3.29 bits per heavy atom. The van der Waals surface area contributed by atoms with Crippen LogP contribution in [-0.2, 0) is 14.3 Å². The van der Waals surface area contributed by atoms with Crippen molar-refractivity contribution in [2.24, 2.45) is 0 Å². The van der Waals surface area contributed by atoms with Crippen molar-refractivity contribution < 1.29 is 14.3 Å². The van der Waals surface area contributed by atoms with Crippen molar-refractivity contribution in [3.05, 3.63) is 23.8 Å². The molecular weight excluding hydrogens is 202 g/mol. The van der Waals surface area contributed by atoms with E-state index in [9.17, 15) is 9.59 Å². The molecule has 0 aromatic heterocycles. The smallest absolute Gasteiger partial charge is 0.355 e. The van der Waals surface area contributed by atoms with Crippen LogP contribution in [0.25, 0.3) is 0 Å². The SMILES string of the molecule is C=CCOC(=O)C1=CS[C@H]2CC(=O)N12. The van der Waals surface area contributed by atoms with E-state index in [0.29, 0.717) is 12.1 Å². The Hall–Kier alpha value is -1.23. The normalized spacial score (nSPS) is 23.7. The molecule has 0 unspecified atom stereocenters. The molecule has 0 saturated carbocycles. The molecule has 14 heavy (non-hydrogen) atoms. The second kappa shape index (κ2) is 3.49. The monoisotopic (exact) mass is 211 g/mol. The van der Waals surface area contributed by atoms with E-state index in [1.807, 2.05) is 0 Å². The lowest BCUT2D eigenvalue weighted by Crippen LogP contribution is -2.48. The van der Waals surface area contributed by atoms with Gasteiger partial charge in [-0.1, -0.05) is 12.7 Å². The van der Waals surface area contributed by atoms with Gasteiger partial charge in [0.05, 0.1) is 11.8 Å². The number of esters is 1. The molecule has 0 aromatic rings. The van der Waals surface area contributed by atoms with Gasteiger partial charge in [0.2, 0.25) is 5.91 Å². The number of nitrogens with zero attached hydrogens (tertiary/aromatic N) is 1. The van der Waals surface area contributed by atoms with Crippen LogP contribution < -0.4 is 0 Å². The number of β-lactam (4-membered cyclic amide) rings is 1. The number of hydrogen-bond acceptors (Lipinski definition) is 4. The van der Waals surface area contributed by atoms with Gasteiger partial charge in [0.25, 0.3) is 0 Å². The molecule has 2 aliphatic heterocycles. The van der Waals surface area contributed by atoms with Gasteiger partial charge in [-0.2, -0.15) is 0 Å². The van der Waals surface area contributed by atoms with Gasteiger partial charge < -0.3 is 4.74 Å². The number of hydrogen-bond donors (Lipinski definition) is 0. The van der Waals surface area contributed by atoms with Gasteiger partial charge >= 0.3 is 5.97 Å². The third kappa shape index (κ3) is 1.33. The van der Waals surface area contributed by atoms with Crippen LogP contribution in [-0.4, -0.2) is 28.8 Å². The molecule has 0 spiro atoms. The molecule has 1 amide bonds. The molecule has 2 rings (SSSR count). The maximum atomic E-state index is 11.4. The standard InChI is InChI=1S/C9H9NO3S/c1-2-3-13-9(12)6-5-14-8-4-7(11)10(6)8/h2,5,8H,1,3-4H2/t8-/m0/s1. The second-order valence-electron chi connectivity index (χ2n) is 2.95. The van der Waals surface area contributed by atoms with Crippen LogP contribution in [0.5, 0.6) is 0 Å². The first kappa shape index (κ1) is 9.33. The summed E-state index contributed by atoms with van der Waals surface area (Å²) in [6.45, 7) is 3.61. The molecule has 0 radical (unpaired) electrons. The van der Waals surface area contributed by atoms with Crippen LogP contribution in [0.4, 0.5) is 0 Å². The van der Waals surface area contributed by atoms with Crippen LogP contribution >= 0.6 is 11.8 Å². The van der Waals surface area contributed by atoms with Crippen molar-refractivity contribution in [3.63, 3.8) is 0 Å². The highest BCUT2D eigenvalue weighted by Gasteiger charge is 2.45. The lowest BCUT2D eigenvalue weighted by molar-refractivity contribution is -0.147. The van der Waals surface area contributed by atoms with Crippen LogP contribution in [0, 0.1) is 0 Å². The molecule has 5 heteroatoms. The summed E-state index contributed by atoms with van der Waals surface area (Å²) in [5.74, 6) is -0.463. The highest BCUT2D eigenvalue weighted by atomic mass is 32.2. The molecule has 1 saturated heterocycles. The van der Waals surface area contributed by atoms with Crippen LogP contribution in [0.15, 0.2) is 23.8 Å². The zero-order chi connectivity index (χ0) is 10.1. The number of amides is 1. The first-order valence-corrected chi connectivity index (χ1v) is 5.14. The minimum absolute atomic E-state index is 0.0122. The predicted molar refractivity (Wildman–Crippen MR) is 52.1 cm³/mol. The molecule has 0 aliphatic carbocycles. The average molecular weight is 211 g/mol. The van der Waals surface area contributed by atoms with Crippen LogP contribution in [0.1, 0.15) is 6.42 Å². The van der Waals surface area contributed by atoms with E-state index in [1.54, 1.807) is 5.41 Å². The molecule has 2 aliphatic rings. The molecule has 0 aromatic carbocycles. The van der Waals surface area contributed by atoms with Gasteiger partial charge in [-0.25, -0.2) is 4.79 Å². The average Bonchev–Trinajstić information content (AvgIpc) is 2.51. The van der Waals surface area contributed by atoms with Crippen LogP contribution in [0.3, 0.4) is 0 Å². The summed E-state index contributed by atoms with van der Waals surface area (Å²) >= 11 is 1.48. The Bertz CT molecular complexity index is 337. The van der Waals surface area contributed by atoms with E-state index in [2.05, 4.69) is 6.58 Å². The number of carbonyl (C=O) groups excluding carboxylic acids is 2. The summed E-state index contributed by atoms with van der Waals surface area (Å²) in [4.78, 5) is 24.0. The Morgan fingerprint density at radius 1 is 1.86 bits per heavy atom. The molecule has 0 bridgehead atoms. The third-order valence-corrected chi connectivity index (χ3v) is 3.09. The Kier molecular flexibility index (Phi) is 2.33. The van der Waals surface area contributed by atoms with Crippen molar-refractivity contribution in [3.8, 4) is 0 Å². The van der Waals surface area contributed by atoms with Crippen molar-refractivity contribution in [1.82, 2.24) is 4.90 Å². The van der Waals surface area contributed by atoms with Gasteiger partial charge in [-0.3, -0.25) is 9.69 Å². The fraction of sp³-hybridized carbons (Fsp3) is 0.333. The molecule has 0 N–H and O–H groups in total. The second-order valence-corrected chi connectivity index (χ2v) is 4.00. The Morgan fingerprint density at radius 2 is 2.64 bits per heavy atom. The van der Waals surface area contributed by atoms with Gasteiger partial charge in [-0.05, 0) is 0 Å². The van der Waals surface area contributed by atoms with Gasteiger partial charge in [-0.15, -0.1) is 11.8 Å². The van der Waals surface area contributed by atoms with E-state index in [4.69, 9.17) is 4.74 Å². The van der Waals surface area contributed by atoms with Crippen molar-refractivity contribution in [2.45, 2.75) is 11.8 Å². The van der Waals surface area contributed by atoms with Crippen molar-refractivity contribution >= 4 is 23.6 Å². The molecule has 4 nitrogen and oxygen atoms in total. The van der Waals surface area contributed by atoms with Crippen LogP contribution in [0.2, 0.25) is 0 Å². The van der Waals surface area contributed by atoms with Gasteiger partial charge in [0.15, 0.2) is 0 Å². The molecule has 2 heterocycles. The Balaban J connectivity index is 2.01. The van der Waals surface area contributed by atoms with E-state index in [1.165, 1.54) is 22.7 Å². The maximum Gasteiger partial charge on any atom is 0.355 e. The van der Waals surface area contributed by atoms with Gasteiger partial charge in [0.1, 0.15) is 12.3 Å². The van der Waals surface area contributed by atoms with Crippen molar-refractivity contribution in [2.75, 3.05) is 6.61 Å². The number of carbonyl (C=O) groups is 2. The van der Waals surface area contributed by atoms with Crippen molar-refractivity contribution in [1.29, 1.82) is 0 Å². The summed E-state index contributed by atoms with van der Waals surface area (Å²) in [5, 5.41) is 1.80. The zero-order valence-electron chi connectivity index (χ0n) is 7.43. The summed E-state index contributed by atoms with van der Waals surface area (Å²) in [5.41, 5.74) is 0.359. The highest BCUT2D eigenvalue weighted by molar-refractivity contribution is 8.03. The number of fused-ring (bicyclic) bond motifs is 1. The zero-order valence-corrected chi connectivity index (χ0v) is 8.25. The number of ether oxygens (including phenoxy) is 1. The molecule has 74 valence electrons. The topological polar surface area (TPSA) is 46.6 Å². The minimum atomic E-state index is -0.451. The quantitative estimate of drug-likeness (QED) is 0.394. The van der Waals surface area contributed by atoms with Gasteiger partial charge in [0, 0.05) is 5.41 Å². The van der Waals surface area contributed by atoms with E-state index >= 15 is 0 Å². The summed E-state index contributed by atoms with van der Waals surface area (Å²) in [6, 6.07) is 0. The number of thioether (sulfide) groups is 1. The predicted octanol–water partition coefficient (Wildman–Crippen LogP) is 0.862. The van der Waals surface area contributed by atoms with E-state index in [-0.39, 0.29) is 17.9 Å². The Labute approximate surface area is 85.6 Å². The fourth-order valence-corrected chi connectivity index (χ4v) is 2.43. The first-order chi connectivity index (χ1) is 6.74. The maximum absolute atomic E-state index is 11.4. The fourth-order valence-electron chi connectivity index (χ4n) is 1.34. The summed E-state index contributed by atoms with van der Waals surface area (Å²) in [7, 11) is 0. The largest absolute Gasteiger partial charge is 0.457 e. The molecule has 1 atom stereocenters. The van der Waals surface area contributed by atoms with E-state index < -0.39 is 5.97 Å². The summed E-state index contributed by atoms with van der Waals surface area (Å²) in [6.07, 6.45) is 2.01. The van der Waals surface area contributed by atoms with E-state index in [0.717, 1.165) is 0 Å². The number of rotatable bonds is 3. The lowest BCUT2D eigenvalue weighted by Gasteiger charge is -2.34. The first-order valence-electron chi connectivity index (χ1n) is 4.19. The third-order valence-electron chi connectivity index (χ3n) is 2.04. The highest BCUT2D eigenvalue weighted by Crippen LogP contribution is 2.40. The molecule has 1 fully saturated rings. The molecular formula is C9H9NO3S.